The molecule has 0 fully saturated rings. The fourth-order valence-corrected chi connectivity index (χ4v) is 3.11. The molecule has 29 heavy (non-hydrogen) atoms. The van der Waals surface area contributed by atoms with Crippen molar-refractivity contribution in [2.75, 3.05) is 13.7 Å². The molecule has 0 aliphatic heterocycles. The van der Waals surface area contributed by atoms with Crippen molar-refractivity contribution in [1.29, 1.82) is 0 Å². The summed E-state index contributed by atoms with van der Waals surface area (Å²) in [7, 11) is 1.62. The Labute approximate surface area is 172 Å². The summed E-state index contributed by atoms with van der Waals surface area (Å²) in [5, 5.41) is 2.96. The minimum atomic E-state index is -0.382. The number of carbonyl (C=O) groups excluding carboxylic acids is 2. The maximum absolute atomic E-state index is 12.8. The molecule has 7 nitrogen and oxygen atoms in total. The van der Waals surface area contributed by atoms with E-state index in [1.807, 2.05) is 52.0 Å². The normalized spacial score (nSPS) is 10.7. The summed E-state index contributed by atoms with van der Waals surface area (Å²) in [5.74, 6) is 0.385. The Balaban J connectivity index is 2.29. The van der Waals surface area contributed by atoms with Crippen LogP contribution in [0, 0.1) is 13.8 Å². The van der Waals surface area contributed by atoms with Crippen LogP contribution in [0.1, 0.15) is 53.6 Å². The molecule has 0 radical (unpaired) electrons. The standard InChI is InChI=1S/C22H31N3O4/c1-7-29-21(26)20-15(4)19(16(5)24-20)13-25(22(27)23-14(2)3)12-17-8-10-18(28-6)11-9-17/h8-11,14,24H,7,12-13H2,1-6H3,(H,23,27). The number of urea groups is 1. The molecule has 1 aromatic heterocycles. The van der Waals surface area contributed by atoms with Gasteiger partial charge in [0.25, 0.3) is 0 Å². The van der Waals surface area contributed by atoms with Crippen LogP contribution in [-0.4, -0.2) is 41.6 Å². The number of aromatic nitrogens is 1. The van der Waals surface area contributed by atoms with Crippen molar-refractivity contribution in [1.82, 2.24) is 15.2 Å². The number of esters is 1. The van der Waals surface area contributed by atoms with Gasteiger partial charge in [0.1, 0.15) is 11.4 Å². The van der Waals surface area contributed by atoms with Gasteiger partial charge < -0.3 is 24.7 Å². The molecule has 2 amide bonds. The first-order valence-corrected chi connectivity index (χ1v) is 9.80. The molecule has 0 saturated heterocycles. The van der Waals surface area contributed by atoms with Crippen molar-refractivity contribution in [2.45, 2.75) is 53.8 Å². The third-order valence-corrected chi connectivity index (χ3v) is 4.65. The van der Waals surface area contributed by atoms with Gasteiger partial charge in [-0.1, -0.05) is 12.1 Å². The largest absolute Gasteiger partial charge is 0.497 e. The lowest BCUT2D eigenvalue weighted by Crippen LogP contribution is -2.42. The molecule has 1 heterocycles. The van der Waals surface area contributed by atoms with Gasteiger partial charge in [0.15, 0.2) is 0 Å². The van der Waals surface area contributed by atoms with E-state index in [0.717, 1.165) is 28.1 Å². The summed E-state index contributed by atoms with van der Waals surface area (Å²) < 4.78 is 10.3. The third-order valence-electron chi connectivity index (χ3n) is 4.65. The number of benzene rings is 1. The number of amides is 2. The van der Waals surface area contributed by atoms with Gasteiger partial charge in [-0.2, -0.15) is 0 Å². The van der Waals surface area contributed by atoms with Crippen LogP contribution in [0.4, 0.5) is 4.79 Å². The predicted molar refractivity (Wildman–Crippen MR) is 112 cm³/mol. The number of nitrogens with one attached hydrogen (secondary N) is 2. The number of hydrogen-bond donors (Lipinski definition) is 2. The number of aryl methyl sites for hydroxylation is 1. The minimum Gasteiger partial charge on any atom is -0.497 e. The first kappa shape index (κ1) is 22.3. The van der Waals surface area contributed by atoms with E-state index < -0.39 is 0 Å². The Bertz CT molecular complexity index is 840. The quantitative estimate of drug-likeness (QED) is 0.657. The van der Waals surface area contributed by atoms with Crippen LogP contribution in [0.3, 0.4) is 0 Å². The summed E-state index contributed by atoms with van der Waals surface area (Å²) in [6.45, 7) is 10.5. The van der Waals surface area contributed by atoms with Gasteiger partial charge in [0.2, 0.25) is 0 Å². The number of methoxy groups -OCH3 is 1. The van der Waals surface area contributed by atoms with Crippen LogP contribution < -0.4 is 10.1 Å². The average Bonchev–Trinajstić information content (AvgIpc) is 2.96. The molecule has 0 saturated carbocycles. The van der Waals surface area contributed by atoms with E-state index in [9.17, 15) is 9.59 Å². The second kappa shape index (κ2) is 10.0. The lowest BCUT2D eigenvalue weighted by atomic mass is 10.1. The van der Waals surface area contributed by atoms with E-state index in [2.05, 4.69) is 10.3 Å². The molecule has 2 N–H and O–H groups in total. The molecule has 0 aliphatic carbocycles. The van der Waals surface area contributed by atoms with Gasteiger partial charge in [0.05, 0.1) is 13.7 Å². The molecule has 0 unspecified atom stereocenters. The molecule has 7 heteroatoms. The second-order valence-corrected chi connectivity index (χ2v) is 7.26. The zero-order valence-electron chi connectivity index (χ0n) is 18.1. The number of carbonyl (C=O) groups is 2. The molecular formula is C22H31N3O4. The molecule has 0 bridgehead atoms. The Morgan fingerprint density at radius 1 is 1.14 bits per heavy atom. The van der Waals surface area contributed by atoms with Crippen LogP contribution in [0.15, 0.2) is 24.3 Å². The lowest BCUT2D eigenvalue weighted by Gasteiger charge is -2.25. The fraction of sp³-hybridized carbons (Fsp3) is 0.455. The van der Waals surface area contributed by atoms with Gasteiger partial charge in [-0.25, -0.2) is 9.59 Å². The van der Waals surface area contributed by atoms with Gasteiger partial charge >= 0.3 is 12.0 Å². The maximum atomic E-state index is 12.8. The van der Waals surface area contributed by atoms with Crippen molar-refractivity contribution in [3.8, 4) is 5.75 Å². The molecule has 0 spiro atoms. The SMILES string of the molecule is CCOC(=O)c1[nH]c(C)c(CN(Cc2ccc(OC)cc2)C(=O)NC(C)C)c1C. The lowest BCUT2D eigenvalue weighted by molar-refractivity contribution is 0.0519. The van der Waals surface area contributed by atoms with E-state index in [4.69, 9.17) is 9.47 Å². The van der Waals surface area contributed by atoms with Gasteiger partial charge in [-0.15, -0.1) is 0 Å². The van der Waals surface area contributed by atoms with Gasteiger partial charge in [0, 0.05) is 24.8 Å². The minimum absolute atomic E-state index is 0.0179. The van der Waals surface area contributed by atoms with Crippen LogP contribution in [0.2, 0.25) is 0 Å². The number of nitrogens with zero attached hydrogens (tertiary/aromatic N) is 1. The Morgan fingerprint density at radius 3 is 2.34 bits per heavy atom. The van der Waals surface area contributed by atoms with Crippen LogP contribution >= 0.6 is 0 Å². The Kier molecular flexibility index (Phi) is 7.70. The summed E-state index contributed by atoms with van der Waals surface area (Å²) in [4.78, 5) is 29.9. The number of rotatable bonds is 8. The molecule has 2 rings (SSSR count). The number of H-pyrrole nitrogens is 1. The van der Waals surface area contributed by atoms with Crippen molar-refractivity contribution >= 4 is 12.0 Å². The third kappa shape index (κ3) is 5.76. The highest BCUT2D eigenvalue weighted by Crippen LogP contribution is 2.22. The topological polar surface area (TPSA) is 83.7 Å². The van der Waals surface area contributed by atoms with E-state index >= 15 is 0 Å². The highest BCUT2D eigenvalue weighted by molar-refractivity contribution is 5.89. The summed E-state index contributed by atoms with van der Waals surface area (Å²) in [6.07, 6.45) is 0. The first-order chi connectivity index (χ1) is 13.8. The predicted octanol–water partition coefficient (Wildman–Crippen LogP) is 3.94. The van der Waals surface area contributed by atoms with Gasteiger partial charge in [-0.3, -0.25) is 0 Å². The second-order valence-electron chi connectivity index (χ2n) is 7.26. The first-order valence-electron chi connectivity index (χ1n) is 9.80. The van der Waals surface area contributed by atoms with Crippen molar-refractivity contribution in [3.05, 3.63) is 52.3 Å². The van der Waals surface area contributed by atoms with Gasteiger partial charge in [-0.05, 0) is 63.4 Å². The zero-order chi connectivity index (χ0) is 21.6. The smallest absolute Gasteiger partial charge is 0.355 e. The molecular weight excluding hydrogens is 370 g/mol. The highest BCUT2D eigenvalue weighted by atomic mass is 16.5. The van der Waals surface area contributed by atoms with E-state index in [0.29, 0.717) is 25.4 Å². The number of ether oxygens (including phenoxy) is 2. The van der Waals surface area contributed by atoms with Crippen LogP contribution in [0.25, 0.3) is 0 Å². The average molecular weight is 402 g/mol. The van der Waals surface area contributed by atoms with Crippen molar-refractivity contribution in [2.24, 2.45) is 0 Å². The fourth-order valence-electron chi connectivity index (χ4n) is 3.11. The molecule has 0 aliphatic rings. The summed E-state index contributed by atoms with van der Waals surface area (Å²) >= 11 is 0. The summed E-state index contributed by atoms with van der Waals surface area (Å²) in [5.41, 5.74) is 4.00. The van der Waals surface area contributed by atoms with E-state index in [1.54, 1.807) is 18.9 Å². The van der Waals surface area contributed by atoms with E-state index in [-0.39, 0.29) is 18.0 Å². The Morgan fingerprint density at radius 2 is 1.79 bits per heavy atom. The van der Waals surface area contributed by atoms with Crippen molar-refractivity contribution in [3.63, 3.8) is 0 Å². The highest BCUT2D eigenvalue weighted by Gasteiger charge is 2.22. The molecule has 158 valence electrons. The monoisotopic (exact) mass is 401 g/mol. The maximum Gasteiger partial charge on any atom is 0.355 e. The van der Waals surface area contributed by atoms with Crippen LogP contribution in [-0.2, 0) is 17.8 Å². The van der Waals surface area contributed by atoms with Crippen LogP contribution in [0.5, 0.6) is 5.75 Å². The number of aromatic amines is 1. The zero-order valence-corrected chi connectivity index (χ0v) is 18.1. The van der Waals surface area contributed by atoms with Crippen molar-refractivity contribution < 1.29 is 19.1 Å². The molecule has 2 aromatic rings. The van der Waals surface area contributed by atoms with E-state index in [1.165, 1.54) is 0 Å². The number of hydrogen-bond acceptors (Lipinski definition) is 4. The molecule has 0 atom stereocenters. The molecule has 1 aromatic carbocycles. The Hall–Kier alpha value is -2.96. The summed E-state index contributed by atoms with van der Waals surface area (Å²) in [6, 6.07) is 7.49.